The van der Waals surface area contributed by atoms with Gasteiger partial charge < -0.3 is 43.0 Å². The number of aliphatic hydroxyl groups is 1. The fourth-order valence-corrected chi connectivity index (χ4v) is 4.36. The third-order valence-electron chi connectivity index (χ3n) is 5.53. The van der Waals surface area contributed by atoms with E-state index in [9.17, 15) is 5.11 Å². The van der Waals surface area contributed by atoms with Gasteiger partial charge in [0.15, 0.2) is 11.5 Å². The quantitative estimate of drug-likeness (QED) is 0.354. The summed E-state index contributed by atoms with van der Waals surface area (Å²) in [7, 11) is 6.26. The predicted octanol–water partition coefficient (Wildman–Crippen LogP) is -1.00. The third kappa shape index (κ3) is 2.48. The molecule has 1 aliphatic carbocycles. The van der Waals surface area contributed by atoms with Gasteiger partial charge >= 0.3 is 0 Å². The summed E-state index contributed by atoms with van der Waals surface area (Å²) >= 11 is 0. The molecule has 2 heterocycles. The highest BCUT2D eigenvalue weighted by atomic mass is 127. The van der Waals surface area contributed by atoms with Crippen LogP contribution in [0.2, 0.25) is 0 Å². The molecular formula is C18H24INO3. The Morgan fingerprint density at radius 3 is 2.87 bits per heavy atom. The normalized spacial score (nSPS) is 32.9. The molecule has 1 spiro atoms. The number of methoxy groups -OCH3 is 1. The molecule has 1 aromatic carbocycles. The largest absolute Gasteiger partial charge is 1.00 e. The van der Waals surface area contributed by atoms with Gasteiger partial charge in [0, 0.05) is 24.0 Å². The molecule has 5 heteroatoms. The number of benzene rings is 1. The van der Waals surface area contributed by atoms with Crippen LogP contribution < -0.4 is 33.5 Å². The van der Waals surface area contributed by atoms with Crippen LogP contribution in [0.3, 0.4) is 0 Å². The number of halogens is 1. The first-order valence-corrected chi connectivity index (χ1v) is 8.02. The fourth-order valence-electron chi connectivity index (χ4n) is 4.36. The molecule has 2 unspecified atom stereocenters. The van der Waals surface area contributed by atoms with E-state index in [0.29, 0.717) is 6.42 Å². The standard InChI is InChI=1S/C18H24NO3.HI/c1-19(2)9-8-18-7-6-13(20)10-15(18)22-17-14(21-3)5-4-12(11-19)16(17)18;/h4-7,13,15,20H,8-11H2,1-3H3;1H/q+1;/p-1/t13-,15?,18?;/m0./s1. The average molecular weight is 429 g/mol. The lowest BCUT2D eigenvalue weighted by Gasteiger charge is -2.36. The minimum Gasteiger partial charge on any atom is -1.00 e. The predicted molar refractivity (Wildman–Crippen MR) is 84.1 cm³/mol. The summed E-state index contributed by atoms with van der Waals surface area (Å²) in [6.45, 7) is 2.09. The molecule has 4 rings (SSSR count). The number of hydrogen-bond donors (Lipinski definition) is 1. The maximum absolute atomic E-state index is 10.0. The van der Waals surface area contributed by atoms with Crippen molar-refractivity contribution < 1.29 is 43.0 Å². The average Bonchev–Trinajstić information content (AvgIpc) is 2.74. The van der Waals surface area contributed by atoms with Crippen molar-refractivity contribution in [3.05, 3.63) is 35.4 Å². The van der Waals surface area contributed by atoms with Gasteiger partial charge in [0.05, 0.1) is 39.3 Å². The van der Waals surface area contributed by atoms with Crippen LogP contribution in [0.1, 0.15) is 24.0 Å². The number of aliphatic hydroxyl groups excluding tert-OH is 1. The summed E-state index contributed by atoms with van der Waals surface area (Å²) in [5.74, 6) is 1.70. The molecule has 0 radical (unpaired) electrons. The molecule has 3 atom stereocenters. The van der Waals surface area contributed by atoms with Gasteiger partial charge in [0.2, 0.25) is 0 Å². The first-order chi connectivity index (χ1) is 10.5. The zero-order valence-corrected chi connectivity index (χ0v) is 16.0. The molecule has 0 aromatic heterocycles. The van der Waals surface area contributed by atoms with E-state index < -0.39 is 6.10 Å². The fraction of sp³-hybridized carbons (Fsp3) is 0.556. The summed E-state index contributed by atoms with van der Waals surface area (Å²) in [4.78, 5) is 0. The molecule has 0 bridgehead atoms. The van der Waals surface area contributed by atoms with Crippen LogP contribution in [-0.2, 0) is 12.0 Å². The second kappa shape index (κ2) is 5.63. The molecule has 0 saturated heterocycles. The summed E-state index contributed by atoms with van der Waals surface area (Å²) in [6.07, 6.45) is 5.44. The lowest BCUT2D eigenvalue weighted by molar-refractivity contribution is -0.903. The molecule has 126 valence electrons. The molecule has 0 amide bonds. The van der Waals surface area contributed by atoms with Crippen LogP contribution in [-0.4, -0.2) is 49.5 Å². The van der Waals surface area contributed by atoms with E-state index in [1.165, 1.54) is 11.1 Å². The van der Waals surface area contributed by atoms with Gasteiger partial charge in [-0.1, -0.05) is 12.2 Å². The van der Waals surface area contributed by atoms with Crippen molar-refractivity contribution in [2.24, 2.45) is 0 Å². The SMILES string of the molecule is COc1ccc2c3c1OC1C[C@@H](O)C=CC31CC[N+](C)(C)C2.[I-]. The summed E-state index contributed by atoms with van der Waals surface area (Å²) < 4.78 is 12.8. The second-order valence-electron chi connectivity index (χ2n) is 7.51. The maximum Gasteiger partial charge on any atom is 0.166 e. The number of rotatable bonds is 1. The monoisotopic (exact) mass is 429 g/mol. The van der Waals surface area contributed by atoms with E-state index in [1.54, 1.807) is 7.11 Å². The van der Waals surface area contributed by atoms with Crippen molar-refractivity contribution in [2.75, 3.05) is 27.7 Å². The van der Waals surface area contributed by atoms with Gasteiger partial charge in [-0.2, -0.15) is 0 Å². The smallest absolute Gasteiger partial charge is 0.166 e. The van der Waals surface area contributed by atoms with E-state index in [0.717, 1.165) is 35.5 Å². The van der Waals surface area contributed by atoms with E-state index in [1.807, 2.05) is 12.1 Å². The highest BCUT2D eigenvalue weighted by Gasteiger charge is 2.54. The number of ether oxygens (including phenoxy) is 2. The van der Waals surface area contributed by atoms with Crippen molar-refractivity contribution in [3.63, 3.8) is 0 Å². The zero-order valence-electron chi connectivity index (χ0n) is 13.9. The van der Waals surface area contributed by atoms with Crippen molar-refractivity contribution >= 4 is 0 Å². The lowest BCUT2D eigenvalue weighted by atomic mass is 9.69. The highest BCUT2D eigenvalue weighted by molar-refractivity contribution is 5.60. The minimum atomic E-state index is -0.412. The van der Waals surface area contributed by atoms with Crippen LogP contribution in [0.4, 0.5) is 0 Å². The van der Waals surface area contributed by atoms with Gasteiger partial charge in [-0.15, -0.1) is 0 Å². The Kier molecular flexibility index (Phi) is 4.18. The first kappa shape index (κ1) is 17.0. The van der Waals surface area contributed by atoms with E-state index in [-0.39, 0.29) is 35.5 Å². The van der Waals surface area contributed by atoms with E-state index >= 15 is 0 Å². The van der Waals surface area contributed by atoms with Crippen molar-refractivity contribution in [3.8, 4) is 11.5 Å². The van der Waals surface area contributed by atoms with E-state index in [2.05, 4.69) is 26.2 Å². The summed E-state index contributed by atoms with van der Waals surface area (Å²) in [5, 5.41) is 10.0. The van der Waals surface area contributed by atoms with Crippen LogP contribution in [0.15, 0.2) is 24.3 Å². The van der Waals surface area contributed by atoms with Gasteiger partial charge in [0.1, 0.15) is 12.6 Å². The molecule has 4 nitrogen and oxygen atoms in total. The topological polar surface area (TPSA) is 38.7 Å². The third-order valence-corrected chi connectivity index (χ3v) is 5.53. The maximum atomic E-state index is 10.0. The van der Waals surface area contributed by atoms with Gasteiger partial charge in [-0.05, 0) is 12.1 Å². The van der Waals surface area contributed by atoms with Crippen LogP contribution in [0, 0.1) is 0 Å². The zero-order chi connectivity index (χ0) is 15.5. The Hall–Kier alpha value is -0.790. The molecule has 2 aliphatic heterocycles. The van der Waals surface area contributed by atoms with Crippen molar-refractivity contribution in [1.29, 1.82) is 0 Å². The number of hydrogen-bond acceptors (Lipinski definition) is 3. The number of quaternary nitrogens is 1. The summed E-state index contributed by atoms with van der Waals surface area (Å²) in [6, 6.07) is 4.21. The molecule has 1 aromatic rings. The van der Waals surface area contributed by atoms with Crippen LogP contribution in [0.5, 0.6) is 11.5 Å². The highest BCUT2D eigenvalue weighted by Crippen LogP contribution is 2.56. The van der Waals surface area contributed by atoms with Crippen LogP contribution in [0.25, 0.3) is 0 Å². The van der Waals surface area contributed by atoms with E-state index in [4.69, 9.17) is 9.47 Å². The molecule has 1 N–H and O–H groups in total. The lowest BCUT2D eigenvalue weighted by Crippen LogP contribution is -3.00. The molecule has 23 heavy (non-hydrogen) atoms. The molecular weight excluding hydrogens is 405 g/mol. The molecule has 0 saturated carbocycles. The van der Waals surface area contributed by atoms with Crippen molar-refractivity contribution in [2.45, 2.75) is 37.0 Å². The Bertz CT molecular complexity index is 658. The molecule has 3 aliphatic rings. The second-order valence-corrected chi connectivity index (χ2v) is 7.51. The Morgan fingerprint density at radius 2 is 2.13 bits per heavy atom. The first-order valence-electron chi connectivity index (χ1n) is 8.02. The van der Waals surface area contributed by atoms with Crippen LogP contribution >= 0.6 is 0 Å². The molecule has 0 fully saturated rings. The minimum absolute atomic E-state index is 0. The summed E-state index contributed by atoms with van der Waals surface area (Å²) in [5.41, 5.74) is 2.54. The number of nitrogens with zero attached hydrogens (tertiary/aromatic N) is 1. The Balaban J connectivity index is 0.00000156. The van der Waals surface area contributed by atoms with Gasteiger partial charge in [-0.25, -0.2) is 0 Å². The Labute approximate surface area is 154 Å². The van der Waals surface area contributed by atoms with Gasteiger partial charge in [0.25, 0.3) is 0 Å². The van der Waals surface area contributed by atoms with Crippen molar-refractivity contribution in [1.82, 2.24) is 0 Å². The Morgan fingerprint density at radius 1 is 1.35 bits per heavy atom. The van der Waals surface area contributed by atoms with Gasteiger partial charge in [-0.3, -0.25) is 0 Å².